The SMILES string of the molecule is CCCC(N)(CCCCCc1cccc(C(F)(F)F)c1)CC(=O)O. The molecule has 1 atom stereocenters. The number of halogens is 3. The fraction of sp³-hybridized carbons (Fsp3) is 0.611. The van der Waals surface area contributed by atoms with Gasteiger partial charge < -0.3 is 10.8 Å². The number of hydrogen-bond acceptors (Lipinski definition) is 2. The second-order valence-corrected chi connectivity index (χ2v) is 6.44. The summed E-state index contributed by atoms with van der Waals surface area (Å²) in [5.74, 6) is -0.894. The Bertz CT molecular complexity index is 531. The Hall–Kier alpha value is -1.56. The molecule has 0 amide bonds. The van der Waals surface area contributed by atoms with Crippen LogP contribution in [0.3, 0.4) is 0 Å². The van der Waals surface area contributed by atoms with Gasteiger partial charge in [-0.15, -0.1) is 0 Å². The van der Waals surface area contributed by atoms with Gasteiger partial charge in [0, 0.05) is 5.54 Å². The lowest BCUT2D eigenvalue weighted by molar-refractivity contribution is -0.139. The molecule has 1 aromatic carbocycles. The summed E-state index contributed by atoms with van der Waals surface area (Å²) in [7, 11) is 0. The van der Waals surface area contributed by atoms with Crippen molar-refractivity contribution in [1.82, 2.24) is 0 Å². The lowest BCUT2D eigenvalue weighted by Gasteiger charge is -2.27. The summed E-state index contributed by atoms with van der Waals surface area (Å²) in [5, 5.41) is 8.95. The predicted octanol–water partition coefficient (Wildman–Crippen LogP) is 4.78. The van der Waals surface area contributed by atoms with Crippen molar-refractivity contribution in [3.8, 4) is 0 Å². The molecule has 3 N–H and O–H groups in total. The van der Waals surface area contributed by atoms with Crippen LogP contribution in [0.4, 0.5) is 13.2 Å². The molecular formula is C18H26F3NO2. The van der Waals surface area contributed by atoms with Gasteiger partial charge in [0.05, 0.1) is 12.0 Å². The molecule has 0 fully saturated rings. The van der Waals surface area contributed by atoms with Crippen LogP contribution >= 0.6 is 0 Å². The maximum absolute atomic E-state index is 12.7. The smallest absolute Gasteiger partial charge is 0.416 e. The minimum absolute atomic E-state index is 0.0472. The fourth-order valence-corrected chi connectivity index (χ4v) is 2.99. The second-order valence-electron chi connectivity index (χ2n) is 6.44. The summed E-state index contributed by atoms with van der Waals surface area (Å²) >= 11 is 0. The molecule has 1 aromatic rings. The molecule has 0 heterocycles. The molecule has 0 spiro atoms. The number of carbonyl (C=O) groups is 1. The van der Waals surface area contributed by atoms with Crippen molar-refractivity contribution in [1.29, 1.82) is 0 Å². The molecule has 0 bridgehead atoms. The standard InChI is InChI=1S/C18H26F3NO2/c1-2-10-17(22,13-16(23)24)11-5-3-4-7-14-8-6-9-15(12-14)18(19,20)21/h6,8-9,12H,2-5,7,10-11,13,22H2,1H3,(H,23,24). The zero-order valence-corrected chi connectivity index (χ0v) is 14.0. The van der Waals surface area contributed by atoms with Crippen LogP contribution in [0, 0.1) is 0 Å². The van der Waals surface area contributed by atoms with Crippen LogP contribution in [0.15, 0.2) is 24.3 Å². The molecule has 0 saturated carbocycles. The average Bonchev–Trinajstić information content (AvgIpc) is 2.45. The van der Waals surface area contributed by atoms with Crippen LogP contribution in [-0.2, 0) is 17.4 Å². The van der Waals surface area contributed by atoms with Gasteiger partial charge in [-0.05, 0) is 37.3 Å². The molecule has 24 heavy (non-hydrogen) atoms. The van der Waals surface area contributed by atoms with Crippen LogP contribution in [0.25, 0.3) is 0 Å². The van der Waals surface area contributed by atoms with Gasteiger partial charge in [0.1, 0.15) is 0 Å². The molecule has 136 valence electrons. The van der Waals surface area contributed by atoms with Crippen molar-refractivity contribution in [2.45, 2.75) is 70.0 Å². The number of carboxylic acids is 1. The zero-order chi connectivity index (χ0) is 18.2. The Kier molecular flexibility index (Phi) is 7.73. The van der Waals surface area contributed by atoms with E-state index in [1.54, 1.807) is 6.07 Å². The summed E-state index contributed by atoms with van der Waals surface area (Å²) in [5.41, 5.74) is 5.53. The quantitative estimate of drug-likeness (QED) is 0.600. The van der Waals surface area contributed by atoms with E-state index < -0.39 is 23.2 Å². The largest absolute Gasteiger partial charge is 0.481 e. The topological polar surface area (TPSA) is 63.3 Å². The molecule has 0 saturated heterocycles. The monoisotopic (exact) mass is 345 g/mol. The minimum atomic E-state index is -4.31. The highest BCUT2D eigenvalue weighted by atomic mass is 19.4. The summed E-state index contributed by atoms with van der Waals surface area (Å²) in [6.07, 6.45) is 0.684. The van der Waals surface area contributed by atoms with E-state index in [1.807, 2.05) is 6.92 Å². The van der Waals surface area contributed by atoms with E-state index in [0.717, 1.165) is 31.7 Å². The third-order valence-electron chi connectivity index (χ3n) is 4.15. The summed E-state index contributed by atoms with van der Waals surface area (Å²) < 4.78 is 38.0. The van der Waals surface area contributed by atoms with Gasteiger partial charge in [0.15, 0.2) is 0 Å². The van der Waals surface area contributed by atoms with Gasteiger partial charge in [-0.25, -0.2) is 0 Å². The van der Waals surface area contributed by atoms with E-state index >= 15 is 0 Å². The Labute approximate surface area is 141 Å². The maximum atomic E-state index is 12.7. The normalized spacial score (nSPS) is 14.4. The van der Waals surface area contributed by atoms with Gasteiger partial charge in [0.25, 0.3) is 0 Å². The van der Waals surface area contributed by atoms with Crippen LogP contribution in [0.1, 0.15) is 63.0 Å². The number of nitrogens with two attached hydrogens (primary N) is 1. The number of aliphatic carboxylic acids is 1. The van der Waals surface area contributed by atoms with Crippen molar-refractivity contribution in [2.24, 2.45) is 5.73 Å². The molecular weight excluding hydrogens is 319 g/mol. The maximum Gasteiger partial charge on any atom is 0.416 e. The van der Waals surface area contributed by atoms with E-state index in [4.69, 9.17) is 10.8 Å². The molecule has 0 radical (unpaired) electrons. The average molecular weight is 345 g/mol. The van der Waals surface area contributed by atoms with Gasteiger partial charge >= 0.3 is 12.1 Å². The first-order valence-electron chi connectivity index (χ1n) is 8.33. The van der Waals surface area contributed by atoms with Gasteiger partial charge in [-0.1, -0.05) is 44.4 Å². The van der Waals surface area contributed by atoms with Crippen LogP contribution in [0.2, 0.25) is 0 Å². The predicted molar refractivity (Wildman–Crippen MR) is 87.7 cm³/mol. The van der Waals surface area contributed by atoms with Crippen molar-refractivity contribution in [2.75, 3.05) is 0 Å². The minimum Gasteiger partial charge on any atom is -0.481 e. The number of rotatable bonds is 10. The van der Waals surface area contributed by atoms with Crippen LogP contribution in [0.5, 0.6) is 0 Å². The highest BCUT2D eigenvalue weighted by Crippen LogP contribution is 2.30. The third-order valence-corrected chi connectivity index (χ3v) is 4.15. The molecule has 0 aliphatic rings. The first kappa shape index (κ1) is 20.5. The molecule has 0 aromatic heterocycles. The molecule has 0 aliphatic heterocycles. The molecule has 6 heteroatoms. The third kappa shape index (κ3) is 7.34. The summed E-state index contributed by atoms with van der Waals surface area (Å²) in [4.78, 5) is 10.9. The second kappa shape index (κ2) is 9.06. The number of unbranched alkanes of at least 4 members (excludes halogenated alkanes) is 2. The van der Waals surface area contributed by atoms with E-state index in [1.165, 1.54) is 12.1 Å². The van der Waals surface area contributed by atoms with Crippen molar-refractivity contribution in [3.63, 3.8) is 0 Å². The molecule has 1 unspecified atom stereocenters. The Morgan fingerprint density at radius 3 is 2.46 bits per heavy atom. The Morgan fingerprint density at radius 1 is 1.17 bits per heavy atom. The van der Waals surface area contributed by atoms with E-state index in [-0.39, 0.29) is 6.42 Å². The van der Waals surface area contributed by atoms with Crippen LogP contribution < -0.4 is 5.73 Å². The highest BCUT2D eigenvalue weighted by Gasteiger charge is 2.30. The molecule has 0 aliphatic carbocycles. The number of aryl methyl sites for hydroxylation is 1. The van der Waals surface area contributed by atoms with Gasteiger partial charge in [-0.3, -0.25) is 4.79 Å². The Balaban J connectivity index is 2.41. The molecule has 1 rings (SSSR count). The summed E-state index contributed by atoms with van der Waals surface area (Å²) in [6.45, 7) is 1.97. The first-order chi connectivity index (χ1) is 11.2. The Morgan fingerprint density at radius 2 is 1.88 bits per heavy atom. The van der Waals surface area contributed by atoms with E-state index in [2.05, 4.69) is 0 Å². The van der Waals surface area contributed by atoms with Crippen LogP contribution in [-0.4, -0.2) is 16.6 Å². The lowest BCUT2D eigenvalue weighted by Crippen LogP contribution is -2.41. The molecule has 3 nitrogen and oxygen atoms in total. The van der Waals surface area contributed by atoms with Crippen molar-refractivity contribution >= 4 is 5.97 Å². The number of hydrogen-bond donors (Lipinski definition) is 2. The van der Waals surface area contributed by atoms with E-state index in [9.17, 15) is 18.0 Å². The zero-order valence-electron chi connectivity index (χ0n) is 14.0. The van der Waals surface area contributed by atoms with Crippen molar-refractivity contribution in [3.05, 3.63) is 35.4 Å². The first-order valence-corrected chi connectivity index (χ1v) is 8.33. The number of benzene rings is 1. The fourth-order valence-electron chi connectivity index (χ4n) is 2.99. The highest BCUT2D eigenvalue weighted by molar-refractivity contribution is 5.68. The lowest BCUT2D eigenvalue weighted by atomic mass is 9.85. The van der Waals surface area contributed by atoms with Gasteiger partial charge in [0.2, 0.25) is 0 Å². The number of alkyl halides is 3. The van der Waals surface area contributed by atoms with E-state index in [0.29, 0.717) is 24.8 Å². The van der Waals surface area contributed by atoms with Crippen molar-refractivity contribution < 1.29 is 23.1 Å². The summed E-state index contributed by atoms with van der Waals surface area (Å²) in [6, 6.07) is 5.39. The number of carboxylic acid groups (broad SMARTS) is 1. The van der Waals surface area contributed by atoms with Gasteiger partial charge in [-0.2, -0.15) is 13.2 Å².